The van der Waals surface area contributed by atoms with Crippen LogP contribution in [0.1, 0.15) is 5.56 Å². The van der Waals surface area contributed by atoms with Crippen LogP contribution in [0.15, 0.2) is 47.0 Å². The molecule has 0 aliphatic rings. The van der Waals surface area contributed by atoms with Crippen molar-refractivity contribution in [1.82, 2.24) is 9.97 Å². The fraction of sp³-hybridized carbons (Fsp3) is 0.158. The predicted octanol–water partition coefficient (Wildman–Crippen LogP) is 4.96. The molecule has 2 aromatic heterocycles. The third kappa shape index (κ3) is 2.92. The molecule has 0 radical (unpaired) electrons. The van der Waals surface area contributed by atoms with Crippen molar-refractivity contribution in [1.29, 1.82) is 0 Å². The zero-order valence-corrected chi connectivity index (χ0v) is 14.0. The van der Waals surface area contributed by atoms with E-state index in [1.807, 2.05) is 37.3 Å². The van der Waals surface area contributed by atoms with Crippen LogP contribution in [0.4, 0.5) is 8.78 Å². The van der Waals surface area contributed by atoms with Crippen molar-refractivity contribution < 1.29 is 22.7 Å². The van der Waals surface area contributed by atoms with Gasteiger partial charge in [0.05, 0.1) is 24.3 Å². The summed E-state index contributed by atoms with van der Waals surface area (Å²) < 4.78 is 40.3. The molecule has 5 nitrogen and oxygen atoms in total. The number of hydrogen-bond donors (Lipinski definition) is 0. The van der Waals surface area contributed by atoms with Gasteiger partial charge in [0.25, 0.3) is 0 Å². The van der Waals surface area contributed by atoms with Crippen molar-refractivity contribution in [3.05, 3.63) is 48.2 Å². The number of nitrogens with zero attached hydrogens (tertiary/aromatic N) is 2. The van der Waals surface area contributed by atoms with E-state index in [0.717, 1.165) is 22.3 Å². The zero-order chi connectivity index (χ0) is 18.3. The number of benzene rings is 2. The average molecular weight is 356 g/mol. The standard InChI is InChI=1S/C19H14F2N2O3/c1-10-5-13(16-8-11-7-12(24-2)3-4-15(11)25-16)18-14(6-10)23-17(9-22-18)26-19(20)21/h3-9,19H,1-2H3. The second kappa shape index (κ2) is 6.25. The lowest BCUT2D eigenvalue weighted by Gasteiger charge is -2.07. The van der Waals surface area contributed by atoms with Crippen LogP contribution < -0.4 is 9.47 Å². The third-order valence-corrected chi connectivity index (χ3v) is 3.97. The van der Waals surface area contributed by atoms with Crippen molar-refractivity contribution in [2.75, 3.05) is 7.11 Å². The lowest BCUT2D eigenvalue weighted by atomic mass is 10.1. The van der Waals surface area contributed by atoms with E-state index in [4.69, 9.17) is 9.15 Å². The number of rotatable bonds is 4. The summed E-state index contributed by atoms with van der Waals surface area (Å²) >= 11 is 0. The van der Waals surface area contributed by atoms with Gasteiger partial charge in [0.1, 0.15) is 17.1 Å². The quantitative estimate of drug-likeness (QED) is 0.517. The first-order valence-electron chi connectivity index (χ1n) is 7.83. The molecule has 0 spiro atoms. The second-order valence-electron chi connectivity index (χ2n) is 5.78. The highest BCUT2D eigenvalue weighted by Crippen LogP contribution is 2.34. The number of halogens is 2. The summed E-state index contributed by atoms with van der Waals surface area (Å²) in [6.07, 6.45) is 1.18. The van der Waals surface area contributed by atoms with Gasteiger partial charge in [0.15, 0.2) is 0 Å². The highest BCUT2D eigenvalue weighted by Gasteiger charge is 2.15. The number of hydrogen-bond acceptors (Lipinski definition) is 5. The summed E-state index contributed by atoms with van der Waals surface area (Å²) in [5, 5.41) is 0.889. The molecule has 4 aromatic rings. The van der Waals surface area contributed by atoms with Crippen LogP contribution in [0.3, 0.4) is 0 Å². The molecular formula is C19H14F2N2O3. The van der Waals surface area contributed by atoms with Gasteiger partial charge in [-0.2, -0.15) is 8.78 Å². The minimum absolute atomic E-state index is 0.224. The molecule has 0 atom stereocenters. The first-order valence-corrected chi connectivity index (χ1v) is 7.83. The van der Waals surface area contributed by atoms with Gasteiger partial charge in [-0.15, -0.1) is 0 Å². The van der Waals surface area contributed by atoms with E-state index < -0.39 is 6.61 Å². The summed E-state index contributed by atoms with van der Waals surface area (Å²) in [4.78, 5) is 8.37. The monoisotopic (exact) mass is 356 g/mol. The summed E-state index contributed by atoms with van der Waals surface area (Å²) in [7, 11) is 1.60. The molecule has 0 saturated carbocycles. The molecule has 132 valence electrons. The molecule has 2 aromatic carbocycles. The van der Waals surface area contributed by atoms with E-state index in [-0.39, 0.29) is 5.88 Å². The van der Waals surface area contributed by atoms with Crippen LogP contribution in [-0.2, 0) is 0 Å². The first kappa shape index (κ1) is 16.3. The smallest absolute Gasteiger partial charge is 0.388 e. The molecule has 7 heteroatoms. The van der Waals surface area contributed by atoms with Gasteiger partial charge in [-0.1, -0.05) is 0 Å². The maximum absolute atomic E-state index is 12.4. The van der Waals surface area contributed by atoms with Crippen LogP contribution in [0, 0.1) is 6.92 Å². The molecule has 0 amide bonds. The van der Waals surface area contributed by atoms with Gasteiger partial charge in [0, 0.05) is 10.9 Å². The van der Waals surface area contributed by atoms with Crippen LogP contribution in [0.25, 0.3) is 33.3 Å². The normalized spacial score (nSPS) is 11.4. The summed E-state index contributed by atoms with van der Waals surface area (Å²) in [6, 6.07) is 11.1. The first-order chi connectivity index (χ1) is 12.5. The van der Waals surface area contributed by atoms with Gasteiger partial charge < -0.3 is 13.9 Å². The minimum Gasteiger partial charge on any atom is -0.497 e. The van der Waals surface area contributed by atoms with E-state index in [1.165, 1.54) is 6.20 Å². The van der Waals surface area contributed by atoms with Crippen LogP contribution in [-0.4, -0.2) is 23.7 Å². The molecule has 0 aliphatic carbocycles. The van der Waals surface area contributed by atoms with Crippen LogP contribution >= 0.6 is 0 Å². The molecule has 0 N–H and O–H groups in total. The predicted molar refractivity (Wildman–Crippen MR) is 92.7 cm³/mol. The van der Waals surface area contributed by atoms with Gasteiger partial charge in [0.2, 0.25) is 5.88 Å². The Morgan fingerprint density at radius 1 is 1.12 bits per heavy atom. The molecule has 2 heterocycles. The molecule has 0 fully saturated rings. The Balaban J connectivity index is 1.87. The largest absolute Gasteiger partial charge is 0.497 e. The molecular weight excluding hydrogens is 342 g/mol. The fourth-order valence-corrected chi connectivity index (χ4v) is 2.86. The fourth-order valence-electron chi connectivity index (χ4n) is 2.86. The van der Waals surface area contributed by atoms with Crippen molar-refractivity contribution in [2.45, 2.75) is 13.5 Å². The Morgan fingerprint density at radius 2 is 1.96 bits per heavy atom. The van der Waals surface area contributed by atoms with Gasteiger partial charge >= 0.3 is 6.61 Å². The highest BCUT2D eigenvalue weighted by molar-refractivity contribution is 5.94. The SMILES string of the molecule is COc1ccc2oc(-c3cc(C)cc4nc(OC(F)F)cnc34)cc2c1. The topological polar surface area (TPSA) is 57.4 Å². The zero-order valence-electron chi connectivity index (χ0n) is 14.0. The van der Waals surface area contributed by atoms with E-state index in [9.17, 15) is 8.78 Å². The van der Waals surface area contributed by atoms with E-state index in [2.05, 4.69) is 14.7 Å². The average Bonchev–Trinajstić information content (AvgIpc) is 3.03. The van der Waals surface area contributed by atoms with Crippen molar-refractivity contribution in [2.24, 2.45) is 0 Å². The maximum Gasteiger partial charge on any atom is 0.388 e. The summed E-state index contributed by atoms with van der Waals surface area (Å²) in [5.41, 5.74) is 3.33. The van der Waals surface area contributed by atoms with Crippen molar-refractivity contribution in [3.63, 3.8) is 0 Å². The number of aryl methyl sites for hydroxylation is 1. The van der Waals surface area contributed by atoms with E-state index in [1.54, 1.807) is 13.2 Å². The Bertz CT molecular complexity index is 1110. The van der Waals surface area contributed by atoms with E-state index in [0.29, 0.717) is 22.4 Å². The molecule has 4 rings (SSSR count). The Morgan fingerprint density at radius 3 is 2.73 bits per heavy atom. The summed E-state index contributed by atoms with van der Waals surface area (Å²) in [6.45, 7) is -1.06. The molecule has 0 unspecified atom stereocenters. The number of ether oxygens (including phenoxy) is 2. The third-order valence-electron chi connectivity index (χ3n) is 3.97. The van der Waals surface area contributed by atoms with Crippen LogP contribution in [0.5, 0.6) is 11.6 Å². The molecule has 0 bridgehead atoms. The van der Waals surface area contributed by atoms with Gasteiger partial charge in [-0.05, 0) is 48.9 Å². The Hall–Kier alpha value is -3.22. The van der Waals surface area contributed by atoms with Gasteiger partial charge in [-0.25, -0.2) is 9.97 Å². The number of fused-ring (bicyclic) bond motifs is 2. The minimum atomic E-state index is -2.95. The summed E-state index contributed by atoms with van der Waals surface area (Å²) in [5.74, 6) is 1.12. The molecule has 0 saturated heterocycles. The van der Waals surface area contributed by atoms with Crippen LogP contribution in [0.2, 0.25) is 0 Å². The Labute approximate surface area is 147 Å². The lowest BCUT2D eigenvalue weighted by molar-refractivity contribution is -0.0528. The van der Waals surface area contributed by atoms with Crippen molar-refractivity contribution >= 4 is 22.0 Å². The number of aromatic nitrogens is 2. The van der Waals surface area contributed by atoms with Gasteiger partial charge in [-0.3, -0.25) is 0 Å². The maximum atomic E-state index is 12.4. The molecule has 0 aliphatic heterocycles. The molecule has 26 heavy (non-hydrogen) atoms. The number of methoxy groups -OCH3 is 1. The number of alkyl halides is 2. The second-order valence-corrected chi connectivity index (χ2v) is 5.78. The lowest BCUT2D eigenvalue weighted by Crippen LogP contribution is -2.04. The van der Waals surface area contributed by atoms with Crippen molar-refractivity contribution in [3.8, 4) is 23.0 Å². The highest BCUT2D eigenvalue weighted by atomic mass is 19.3. The van der Waals surface area contributed by atoms with E-state index >= 15 is 0 Å². The Kier molecular flexibility index (Phi) is 3.91. The number of furan rings is 1.